The van der Waals surface area contributed by atoms with Crippen molar-refractivity contribution in [3.05, 3.63) is 0 Å². The molecule has 0 fully saturated rings. The van der Waals surface area contributed by atoms with E-state index >= 15 is 0 Å². The van der Waals surface area contributed by atoms with E-state index in [0.717, 1.165) is 32.1 Å². The molecular weight excluding hydrogens is 200 g/mol. The van der Waals surface area contributed by atoms with E-state index in [1.54, 1.807) is 0 Å². The minimum Gasteiger partial charge on any atom is -0.351 e. The van der Waals surface area contributed by atoms with E-state index in [9.17, 15) is 4.79 Å². The molecule has 1 amide bonds. The third-order valence-electron chi connectivity index (χ3n) is 3.54. The van der Waals surface area contributed by atoms with Crippen molar-refractivity contribution in [2.75, 3.05) is 0 Å². The number of carbonyl (C=O) groups is 1. The lowest BCUT2D eigenvalue weighted by atomic mass is 9.89. The Bertz CT molecular complexity index is 192. The van der Waals surface area contributed by atoms with Crippen molar-refractivity contribution in [1.29, 1.82) is 0 Å². The van der Waals surface area contributed by atoms with Gasteiger partial charge in [0.05, 0.1) is 0 Å². The normalized spacial score (nSPS) is 13.6. The van der Waals surface area contributed by atoms with Gasteiger partial charge in [0.2, 0.25) is 5.91 Å². The van der Waals surface area contributed by atoms with E-state index in [1.807, 2.05) is 0 Å². The lowest BCUT2D eigenvalue weighted by Gasteiger charge is -2.32. The lowest BCUT2D eigenvalue weighted by Crippen LogP contribution is -2.48. The van der Waals surface area contributed by atoms with Crippen LogP contribution in [0.1, 0.15) is 66.2 Å². The Morgan fingerprint density at radius 3 is 2.06 bits per heavy atom. The molecule has 0 aromatic rings. The Hall–Kier alpha value is -0.570. The van der Waals surface area contributed by atoms with E-state index in [2.05, 4.69) is 33.0 Å². The van der Waals surface area contributed by atoms with Crippen LogP contribution in [0.3, 0.4) is 0 Å². The van der Waals surface area contributed by atoms with E-state index in [0.29, 0.717) is 6.42 Å². The SMILES string of the molecule is CCCC(N)CC(=O)NC(CC)(CC)CC. The van der Waals surface area contributed by atoms with Gasteiger partial charge in [0.15, 0.2) is 0 Å². The minimum atomic E-state index is -0.0248. The summed E-state index contributed by atoms with van der Waals surface area (Å²) in [5, 5.41) is 3.15. The van der Waals surface area contributed by atoms with Crippen LogP contribution in [0.25, 0.3) is 0 Å². The molecule has 0 aromatic heterocycles. The molecule has 3 N–H and O–H groups in total. The third kappa shape index (κ3) is 4.97. The number of hydrogen-bond donors (Lipinski definition) is 2. The molecule has 0 aliphatic carbocycles. The average Bonchev–Trinajstić information content (AvgIpc) is 2.26. The van der Waals surface area contributed by atoms with Crippen LogP contribution in [0.15, 0.2) is 0 Å². The van der Waals surface area contributed by atoms with Crippen LogP contribution in [0.4, 0.5) is 0 Å². The van der Waals surface area contributed by atoms with Gasteiger partial charge in [-0.1, -0.05) is 34.1 Å². The molecule has 0 aliphatic heterocycles. The van der Waals surface area contributed by atoms with Crippen molar-refractivity contribution in [3.8, 4) is 0 Å². The molecule has 0 saturated heterocycles. The molecule has 0 spiro atoms. The zero-order valence-corrected chi connectivity index (χ0v) is 11.3. The first-order valence-corrected chi connectivity index (χ1v) is 6.60. The molecule has 3 heteroatoms. The highest BCUT2D eigenvalue weighted by atomic mass is 16.1. The highest BCUT2D eigenvalue weighted by Crippen LogP contribution is 2.19. The van der Waals surface area contributed by atoms with Crippen LogP contribution in [0.5, 0.6) is 0 Å². The molecule has 0 rings (SSSR count). The van der Waals surface area contributed by atoms with Gasteiger partial charge in [0.25, 0.3) is 0 Å². The van der Waals surface area contributed by atoms with Crippen molar-refractivity contribution < 1.29 is 4.79 Å². The highest BCUT2D eigenvalue weighted by Gasteiger charge is 2.26. The summed E-state index contributed by atoms with van der Waals surface area (Å²) in [4.78, 5) is 11.8. The van der Waals surface area contributed by atoms with Gasteiger partial charge in [-0.3, -0.25) is 4.79 Å². The van der Waals surface area contributed by atoms with Gasteiger partial charge in [0, 0.05) is 18.0 Å². The van der Waals surface area contributed by atoms with Crippen LogP contribution < -0.4 is 11.1 Å². The van der Waals surface area contributed by atoms with Crippen molar-refractivity contribution in [3.63, 3.8) is 0 Å². The molecule has 0 aromatic carbocycles. The van der Waals surface area contributed by atoms with Gasteiger partial charge in [-0.2, -0.15) is 0 Å². The predicted octanol–water partition coefficient (Wildman–Crippen LogP) is 2.59. The Morgan fingerprint density at radius 2 is 1.69 bits per heavy atom. The summed E-state index contributed by atoms with van der Waals surface area (Å²) >= 11 is 0. The summed E-state index contributed by atoms with van der Waals surface area (Å²) < 4.78 is 0. The van der Waals surface area contributed by atoms with Crippen LogP contribution >= 0.6 is 0 Å². The molecule has 0 heterocycles. The van der Waals surface area contributed by atoms with Crippen LogP contribution in [-0.4, -0.2) is 17.5 Å². The Kier molecular flexibility index (Phi) is 7.39. The van der Waals surface area contributed by atoms with Crippen LogP contribution in [-0.2, 0) is 4.79 Å². The van der Waals surface area contributed by atoms with Gasteiger partial charge < -0.3 is 11.1 Å². The molecule has 16 heavy (non-hydrogen) atoms. The quantitative estimate of drug-likeness (QED) is 0.671. The zero-order valence-electron chi connectivity index (χ0n) is 11.3. The molecule has 96 valence electrons. The summed E-state index contributed by atoms with van der Waals surface area (Å²) in [6.07, 6.45) is 5.35. The molecule has 0 aliphatic rings. The van der Waals surface area contributed by atoms with Crippen molar-refractivity contribution in [2.45, 2.75) is 77.8 Å². The summed E-state index contributed by atoms with van der Waals surface area (Å²) in [5.74, 6) is 0.103. The Morgan fingerprint density at radius 1 is 1.19 bits per heavy atom. The number of carbonyl (C=O) groups excluding carboxylic acids is 1. The zero-order chi connectivity index (χ0) is 12.6. The summed E-state index contributed by atoms with van der Waals surface area (Å²) in [5.41, 5.74) is 5.84. The van der Waals surface area contributed by atoms with E-state index in [1.165, 1.54) is 0 Å². The van der Waals surface area contributed by atoms with Gasteiger partial charge in [-0.15, -0.1) is 0 Å². The molecule has 1 unspecified atom stereocenters. The smallest absolute Gasteiger partial charge is 0.221 e. The van der Waals surface area contributed by atoms with E-state index in [4.69, 9.17) is 5.73 Å². The lowest BCUT2D eigenvalue weighted by molar-refractivity contribution is -0.123. The number of hydrogen-bond acceptors (Lipinski definition) is 2. The fourth-order valence-electron chi connectivity index (χ4n) is 2.07. The number of nitrogens with two attached hydrogens (primary N) is 1. The van der Waals surface area contributed by atoms with E-state index in [-0.39, 0.29) is 17.5 Å². The molecule has 0 bridgehead atoms. The molecular formula is C13H28N2O. The molecule has 0 saturated carbocycles. The fraction of sp³-hybridized carbons (Fsp3) is 0.923. The standard InChI is InChI=1S/C13H28N2O/c1-5-9-11(14)10-12(16)15-13(6-2,7-3)8-4/h11H,5-10,14H2,1-4H3,(H,15,16). The second-order valence-electron chi connectivity index (χ2n) is 4.64. The maximum absolute atomic E-state index is 11.8. The van der Waals surface area contributed by atoms with Crippen molar-refractivity contribution in [1.82, 2.24) is 5.32 Å². The van der Waals surface area contributed by atoms with Crippen LogP contribution in [0, 0.1) is 0 Å². The monoisotopic (exact) mass is 228 g/mol. The minimum absolute atomic E-state index is 0.00766. The number of rotatable bonds is 8. The average molecular weight is 228 g/mol. The molecule has 0 radical (unpaired) electrons. The van der Waals surface area contributed by atoms with Crippen LogP contribution in [0.2, 0.25) is 0 Å². The maximum Gasteiger partial charge on any atom is 0.221 e. The predicted molar refractivity (Wildman–Crippen MR) is 69.2 cm³/mol. The summed E-state index contributed by atoms with van der Waals surface area (Å²) in [7, 11) is 0. The second kappa shape index (κ2) is 7.66. The maximum atomic E-state index is 11.8. The third-order valence-corrected chi connectivity index (χ3v) is 3.54. The fourth-order valence-corrected chi connectivity index (χ4v) is 2.07. The first-order chi connectivity index (χ1) is 7.53. The Labute approximate surface area is 100 Å². The number of amides is 1. The van der Waals surface area contributed by atoms with Crippen molar-refractivity contribution >= 4 is 5.91 Å². The number of nitrogens with one attached hydrogen (secondary N) is 1. The van der Waals surface area contributed by atoms with Gasteiger partial charge >= 0.3 is 0 Å². The van der Waals surface area contributed by atoms with Gasteiger partial charge in [-0.05, 0) is 25.7 Å². The highest BCUT2D eigenvalue weighted by molar-refractivity contribution is 5.77. The van der Waals surface area contributed by atoms with Crippen molar-refractivity contribution in [2.24, 2.45) is 5.73 Å². The van der Waals surface area contributed by atoms with Gasteiger partial charge in [-0.25, -0.2) is 0 Å². The topological polar surface area (TPSA) is 55.1 Å². The summed E-state index contributed by atoms with van der Waals surface area (Å²) in [6, 6.07) is 0.00766. The summed E-state index contributed by atoms with van der Waals surface area (Å²) in [6.45, 7) is 8.46. The van der Waals surface area contributed by atoms with Gasteiger partial charge in [0.1, 0.15) is 0 Å². The first-order valence-electron chi connectivity index (χ1n) is 6.60. The first kappa shape index (κ1) is 15.4. The second-order valence-corrected chi connectivity index (χ2v) is 4.64. The Balaban J connectivity index is 4.20. The molecule has 3 nitrogen and oxygen atoms in total. The molecule has 1 atom stereocenters. The van der Waals surface area contributed by atoms with E-state index < -0.39 is 0 Å². The largest absolute Gasteiger partial charge is 0.351 e.